The molecule has 2 N–H and O–H groups in total. The zero-order valence-corrected chi connectivity index (χ0v) is 17.0. The van der Waals surface area contributed by atoms with Gasteiger partial charge in [-0.3, -0.25) is 14.7 Å². The summed E-state index contributed by atoms with van der Waals surface area (Å²) in [5.41, 5.74) is 0. The van der Waals surface area contributed by atoms with Crippen LogP contribution in [0.4, 0.5) is 0 Å². The Morgan fingerprint density at radius 2 is 1.76 bits per heavy atom. The summed E-state index contributed by atoms with van der Waals surface area (Å²) in [6.45, 7) is 16.2. The number of hydrogen-bond donors (Lipinski definition) is 2. The monoisotopic (exact) mass is 353 g/mol. The number of likely N-dealkylation sites (tertiary alicyclic amines) is 1. The molecule has 0 saturated carbocycles. The maximum atomic E-state index is 12.1. The van der Waals surface area contributed by atoms with Gasteiger partial charge in [-0.05, 0) is 53.9 Å². The van der Waals surface area contributed by atoms with Gasteiger partial charge in [0, 0.05) is 57.8 Å². The van der Waals surface area contributed by atoms with E-state index >= 15 is 0 Å². The van der Waals surface area contributed by atoms with Crippen molar-refractivity contribution in [3.63, 3.8) is 0 Å². The van der Waals surface area contributed by atoms with Crippen LogP contribution in [0.5, 0.6) is 0 Å². The van der Waals surface area contributed by atoms with Crippen molar-refractivity contribution in [1.82, 2.24) is 20.4 Å². The molecule has 146 valence electrons. The largest absolute Gasteiger partial charge is 0.357 e. The first-order valence-electron chi connectivity index (χ1n) is 10.0. The Morgan fingerprint density at radius 3 is 2.32 bits per heavy atom. The quantitative estimate of drug-likeness (QED) is 0.359. The minimum absolute atomic E-state index is 0.255. The standard InChI is InChI=1S/C19H39N5O/c1-6-20-19(21-11-9-15-24(16(2)3)17(4)5)22-12-10-18(25)23-13-7-8-14-23/h16-17H,6-15H2,1-5H3,(H2,20,21,22). The van der Waals surface area contributed by atoms with E-state index in [2.05, 4.69) is 55.1 Å². The third kappa shape index (κ3) is 8.56. The molecule has 1 heterocycles. The molecular weight excluding hydrogens is 314 g/mol. The summed E-state index contributed by atoms with van der Waals surface area (Å²) >= 11 is 0. The zero-order valence-electron chi connectivity index (χ0n) is 17.0. The van der Waals surface area contributed by atoms with Crippen molar-refractivity contribution in [3.8, 4) is 0 Å². The molecule has 1 rings (SSSR count). The fourth-order valence-electron chi connectivity index (χ4n) is 3.31. The number of guanidine groups is 1. The highest BCUT2D eigenvalue weighted by atomic mass is 16.2. The van der Waals surface area contributed by atoms with E-state index in [1.165, 1.54) is 0 Å². The van der Waals surface area contributed by atoms with Gasteiger partial charge in [-0.1, -0.05) is 0 Å². The number of carbonyl (C=O) groups is 1. The lowest BCUT2D eigenvalue weighted by molar-refractivity contribution is -0.129. The van der Waals surface area contributed by atoms with Crippen LogP contribution in [0, 0.1) is 0 Å². The number of aliphatic imine (C=N–C) groups is 1. The lowest BCUT2D eigenvalue weighted by Crippen LogP contribution is -2.40. The maximum Gasteiger partial charge on any atom is 0.224 e. The SMILES string of the molecule is CCNC(=NCCCN(C(C)C)C(C)C)NCCC(=O)N1CCCC1. The van der Waals surface area contributed by atoms with Crippen LogP contribution in [0.25, 0.3) is 0 Å². The molecule has 0 spiro atoms. The number of nitrogens with zero attached hydrogens (tertiary/aromatic N) is 3. The third-order valence-corrected chi connectivity index (χ3v) is 4.61. The number of carbonyl (C=O) groups excluding carboxylic acids is 1. The molecule has 0 aromatic carbocycles. The molecule has 25 heavy (non-hydrogen) atoms. The first kappa shape index (κ1) is 21.7. The van der Waals surface area contributed by atoms with Crippen molar-refractivity contribution in [1.29, 1.82) is 0 Å². The van der Waals surface area contributed by atoms with Crippen LogP contribution in [0.15, 0.2) is 4.99 Å². The summed E-state index contributed by atoms with van der Waals surface area (Å²) in [7, 11) is 0. The average molecular weight is 354 g/mol. The van der Waals surface area contributed by atoms with Crippen molar-refractivity contribution in [2.75, 3.05) is 39.3 Å². The van der Waals surface area contributed by atoms with E-state index in [9.17, 15) is 4.79 Å². The molecule has 1 amide bonds. The molecule has 0 radical (unpaired) electrons. The number of amides is 1. The van der Waals surface area contributed by atoms with Gasteiger partial charge in [0.15, 0.2) is 5.96 Å². The van der Waals surface area contributed by atoms with Crippen molar-refractivity contribution in [3.05, 3.63) is 0 Å². The average Bonchev–Trinajstić information content (AvgIpc) is 3.08. The highest BCUT2D eigenvalue weighted by Crippen LogP contribution is 2.08. The predicted octanol–water partition coefficient (Wildman–Crippen LogP) is 2.06. The Kier molecular flexibility index (Phi) is 10.5. The topological polar surface area (TPSA) is 60.0 Å². The molecule has 0 aliphatic carbocycles. The molecular formula is C19H39N5O. The van der Waals surface area contributed by atoms with E-state index in [-0.39, 0.29) is 5.91 Å². The van der Waals surface area contributed by atoms with Crippen LogP contribution in [0.3, 0.4) is 0 Å². The molecule has 0 unspecified atom stereocenters. The van der Waals surface area contributed by atoms with Gasteiger partial charge >= 0.3 is 0 Å². The van der Waals surface area contributed by atoms with E-state index in [0.717, 1.165) is 57.9 Å². The number of hydrogen-bond acceptors (Lipinski definition) is 3. The summed E-state index contributed by atoms with van der Waals surface area (Å²) < 4.78 is 0. The first-order chi connectivity index (χ1) is 12.0. The van der Waals surface area contributed by atoms with Crippen LogP contribution in [-0.2, 0) is 4.79 Å². The van der Waals surface area contributed by atoms with Crippen LogP contribution in [-0.4, -0.2) is 73.0 Å². The Balaban J connectivity index is 2.31. The van der Waals surface area contributed by atoms with Gasteiger partial charge in [0.1, 0.15) is 0 Å². The van der Waals surface area contributed by atoms with E-state index in [4.69, 9.17) is 0 Å². The first-order valence-corrected chi connectivity index (χ1v) is 10.0. The van der Waals surface area contributed by atoms with Gasteiger partial charge in [0.2, 0.25) is 5.91 Å². The van der Waals surface area contributed by atoms with Gasteiger partial charge in [-0.2, -0.15) is 0 Å². The molecule has 0 aromatic rings. The fourth-order valence-corrected chi connectivity index (χ4v) is 3.31. The van der Waals surface area contributed by atoms with Gasteiger partial charge < -0.3 is 15.5 Å². The van der Waals surface area contributed by atoms with Gasteiger partial charge in [0.25, 0.3) is 0 Å². The molecule has 6 heteroatoms. The molecule has 1 fully saturated rings. The smallest absolute Gasteiger partial charge is 0.224 e. The molecule has 6 nitrogen and oxygen atoms in total. The van der Waals surface area contributed by atoms with Crippen molar-refractivity contribution in [2.24, 2.45) is 4.99 Å². The number of rotatable bonds is 10. The number of nitrogens with one attached hydrogen (secondary N) is 2. The third-order valence-electron chi connectivity index (χ3n) is 4.61. The van der Waals surface area contributed by atoms with Crippen LogP contribution in [0.1, 0.15) is 60.3 Å². The second-order valence-electron chi connectivity index (χ2n) is 7.30. The lowest BCUT2D eigenvalue weighted by Gasteiger charge is -2.30. The van der Waals surface area contributed by atoms with Crippen LogP contribution >= 0.6 is 0 Å². The summed E-state index contributed by atoms with van der Waals surface area (Å²) in [4.78, 5) is 21.2. The molecule has 1 aliphatic rings. The molecule has 0 bridgehead atoms. The second-order valence-corrected chi connectivity index (χ2v) is 7.30. The lowest BCUT2D eigenvalue weighted by atomic mass is 10.2. The summed E-state index contributed by atoms with van der Waals surface area (Å²) in [5, 5.41) is 6.55. The van der Waals surface area contributed by atoms with Gasteiger partial charge in [0.05, 0.1) is 0 Å². The normalized spacial score (nSPS) is 15.5. The molecule has 0 atom stereocenters. The summed E-state index contributed by atoms with van der Waals surface area (Å²) in [6.07, 6.45) is 3.87. The minimum Gasteiger partial charge on any atom is -0.357 e. The Labute approximate surface area is 154 Å². The highest BCUT2D eigenvalue weighted by molar-refractivity contribution is 5.81. The van der Waals surface area contributed by atoms with E-state index in [1.54, 1.807) is 0 Å². The van der Waals surface area contributed by atoms with Gasteiger partial charge in [-0.15, -0.1) is 0 Å². The fraction of sp³-hybridized carbons (Fsp3) is 0.895. The molecule has 1 saturated heterocycles. The predicted molar refractivity (Wildman–Crippen MR) is 106 cm³/mol. The summed E-state index contributed by atoms with van der Waals surface area (Å²) in [5.74, 6) is 1.07. The second kappa shape index (κ2) is 12.1. The van der Waals surface area contributed by atoms with Gasteiger partial charge in [-0.25, -0.2) is 0 Å². The zero-order chi connectivity index (χ0) is 18.7. The van der Waals surface area contributed by atoms with Crippen LogP contribution < -0.4 is 10.6 Å². The van der Waals surface area contributed by atoms with E-state index in [0.29, 0.717) is 25.0 Å². The van der Waals surface area contributed by atoms with E-state index < -0.39 is 0 Å². The van der Waals surface area contributed by atoms with Crippen molar-refractivity contribution >= 4 is 11.9 Å². The maximum absolute atomic E-state index is 12.1. The van der Waals surface area contributed by atoms with Crippen molar-refractivity contribution in [2.45, 2.75) is 72.4 Å². The molecule has 1 aliphatic heterocycles. The van der Waals surface area contributed by atoms with E-state index in [1.807, 2.05) is 4.90 Å². The minimum atomic E-state index is 0.255. The summed E-state index contributed by atoms with van der Waals surface area (Å²) in [6, 6.07) is 1.12. The Morgan fingerprint density at radius 1 is 1.12 bits per heavy atom. The van der Waals surface area contributed by atoms with Crippen LogP contribution in [0.2, 0.25) is 0 Å². The Bertz CT molecular complexity index is 395. The van der Waals surface area contributed by atoms with Crippen molar-refractivity contribution < 1.29 is 4.79 Å². The Hall–Kier alpha value is -1.30. The highest BCUT2D eigenvalue weighted by Gasteiger charge is 2.17. The molecule has 0 aromatic heterocycles.